The van der Waals surface area contributed by atoms with Gasteiger partial charge in [-0.1, -0.05) is 66.7 Å². The number of rotatable bonds is 7. The van der Waals surface area contributed by atoms with Crippen LogP contribution in [-0.4, -0.2) is 25.2 Å². The molecular formula is C26H23NO5. The third-order valence-electron chi connectivity index (χ3n) is 5.10. The summed E-state index contributed by atoms with van der Waals surface area (Å²) >= 11 is 0. The van der Waals surface area contributed by atoms with E-state index in [1.807, 2.05) is 66.7 Å². The van der Waals surface area contributed by atoms with E-state index in [-0.39, 0.29) is 13.0 Å². The number of carbonyl (C=O) groups is 2. The Bertz CT molecular complexity index is 1150. The van der Waals surface area contributed by atoms with Crippen molar-refractivity contribution in [3.63, 3.8) is 0 Å². The molecule has 0 aliphatic carbocycles. The summed E-state index contributed by atoms with van der Waals surface area (Å²) < 4.78 is 16.3. The molecule has 0 saturated heterocycles. The van der Waals surface area contributed by atoms with Gasteiger partial charge in [0.1, 0.15) is 17.4 Å². The molecule has 1 unspecified atom stereocenters. The van der Waals surface area contributed by atoms with Crippen LogP contribution in [-0.2, 0) is 27.3 Å². The smallest absolute Gasteiger partial charge is 0.415 e. The summed E-state index contributed by atoms with van der Waals surface area (Å²) in [5.41, 5.74) is 2.15. The van der Waals surface area contributed by atoms with Crippen molar-refractivity contribution >= 4 is 28.7 Å². The monoisotopic (exact) mass is 429 g/mol. The Balaban J connectivity index is 1.60. The summed E-state index contributed by atoms with van der Waals surface area (Å²) in [6.45, 7) is -0.0594. The highest BCUT2D eigenvalue weighted by Gasteiger charge is 2.33. The SMILES string of the molecule is COC(=O)C(Cc1ccccc1)N(C(=O)OCc1cc2ccccc2o1)c1ccccc1. The molecule has 4 rings (SSSR count). The highest BCUT2D eigenvalue weighted by atomic mass is 16.6. The van der Waals surface area contributed by atoms with Crippen LogP contribution in [0.15, 0.2) is 95.4 Å². The van der Waals surface area contributed by atoms with Gasteiger partial charge in [-0.15, -0.1) is 0 Å². The molecule has 32 heavy (non-hydrogen) atoms. The van der Waals surface area contributed by atoms with Gasteiger partial charge in [-0.2, -0.15) is 0 Å². The molecule has 1 atom stereocenters. The average Bonchev–Trinajstić information content (AvgIpc) is 3.26. The first-order chi connectivity index (χ1) is 15.7. The first kappa shape index (κ1) is 21.2. The third-order valence-corrected chi connectivity index (χ3v) is 5.10. The minimum Gasteiger partial charge on any atom is -0.467 e. The molecule has 4 aromatic rings. The molecule has 6 heteroatoms. The zero-order valence-corrected chi connectivity index (χ0v) is 17.6. The zero-order chi connectivity index (χ0) is 22.3. The lowest BCUT2D eigenvalue weighted by molar-refractivity contribution is -0.142. The maximum atomic E-state index is 13.2. The summed E-state index contributed by atoms with van der Waals surface area (Å²) in [5.74, 6) is -0.0105. The van der Waals surface area contributed by atoms with Crippen molar-refractivity contribution in [3.8, 4) is 0 Å². The van der Waals surface area contributed by atoms with E-state index in [9.17, 15) is 9.59 Å². The number of anilines is 1. The molecule has 162 valence electrons. The second-order valence-electron chi connectivity index (χ2n) is 7.24. The molecule has 0 N–H and O–H groups in total. The number of amides is 1. The standard InChI is InChI=1S/C26H23NO5/c1-30-25(28)23(16-19-10-4-2-5-11-19)27(21-13-6-3-7-14-21)26(29)31-18-22-17-20-12-8-9-15-24(20)32-22/h2-15,17,23H,16,18H2,1H3. The number of para-hydroxylation sites is 2. The number of furan rings is 1. The Kier molecular flexibility index (Phi) is 6.51. The highest BCUT2D eigenvalue weighted by molar-refractivity contribution is 5.96. The summed E-state index contributed by atoms with van der Waals surface area (Å²) in [7, 11) is 1.31. The number of carbonyl (C=O) groups excluding carboxylic acids is 2. The quantitative estimate of drug-likeness (QED) is 0.370. The lowest BCUT2D eigenvalue weighted by atomic mass is 10.0. The van der Waals surface area contributed by atoms with E-state index in [4.69, 9.17) is 13.9 Å². The minimum atomic E-state index is -0.895. The molecule has 0 fully saturated rings. The van der Waals surface area contributed by atoms with Crippen LogP contribution in [0.25, 0.3) is 11.0 Å². The van der Waals surface area contributed by atoms with Crippen molar-refractivity contribution in [2.75, 3.05) is 12.0 Å². The van der Waals surface area contributed by atoms with E-state index in [0.29, 0.717) is 11.4 Å². The first-order valence-electron chi connectivity index (χ1n) is 10.3. The van der Waals surface area contributed by atoms with Gasteiger partial charge in [0, 0.05) is 17.5 Å². The van der Waals surface area contributed by atoms with E-state index in [2.05, 4.69) is 0 Å². The largest absolute Gasteiger partial charge is 0.467 e. The van der Waals surface area contributed by atoms with E-state index in [1.165, 1.54) is 12.0 Å². The van der Waals surface area contributed by atoms with Crippen LogP contribution in [0.4, 0.5) is 10.5 Å². The Morgan fingerprint density at radius 1 is 0.906 bits per heavy atom. The molecule has 1 amide bonds. The number of esters is 1. The van der Waals surface area contributed by atoms with Crippen molar-refractivity contribution < 1.29 is 23.5 Å². The Morgan fingerprint density at radius 3 is 2.25 bits per heavy atom. The van der Waals surface area contributed by atoms with Crippen LogP contribution >= 0.6 is 0 Å². The molecule has 6 nitrogen and oxygen atoms in total. The second kappa shape index (κ2) is 9.83. The lowest BCUT2D eigenvalue weighted by Gasteiger charge is -2.29. The van der Waals surface area contributed by atoms with Crippen molar-refractivity contribution in [2.45, 2.75) is 19.1 Å². The number of nitrogens with zero attached hydrogens (tertiary/aromatic N) is 1. The average molecular weight is 429 g/mol. The molecule has 0 radical (unpaired) electrons. The van der Waals surface area contributed by atoms with Gasteiger partial charge >= 0.3 is 12.1 Å². The summed E-state index contributed by atoms with van der Waals surface area (Å²) in [6, 6.07) is 26.9. The Morgan fingerprint density at radius 2 is 1.56 bits per heavy atom. The van der Waals surface area contributed by atoms with Crippen LogP contribution in [0.2, 0.25) is 0 Å². The normalized spacial score (nSPS) is 11.7. The Hall–Kier alpha value is -4.06. The van der Waals surface area contributed by atoms with Crippen LogP contribution < -0.4 is 4.90 Å². The van der Waals surface area contributed by atoms with Crippen molar-refractivity contribution in [2.24, 2.45) is 0 Å². The predicted molar refractivity (Wildman–Crippen MR) is 121 cm³/mol. The summed E-state index contributed by atoms with van der Waals surface area (Å²) in [4.78, 5) is 27.3. The van der Waals surface area contributed by atoms with Gasteiger partial charge in [0.2, 0.25) is 0 Å². The number of ether oxygens (including phenoxy) is 2. The maximum Gasteiger partial charge on any atom is 0.415 e. The maximum absolute atomic E-state index is 13.2. The van der Waals surface area contributed by atoms with Crippen LogP contribution in [0.3, 0.4) is 0 Å². The van der Waals surface area contributed by atoms with Gasteiger partial charge in [-0.25, -0.2) is 9.59 Å². The summed E-state index contributed by atoms with van der Waals surface area (Å²) in [6.07, 6.45) is -0.384. The highest BCUT2D eigenvalue weighted by Crippen LogP contribution is 2.23. The number of fused-ring (bicyclic) bond motifs is 1. The minimum absolute atomic E-state index is 0.0594. The molecular weight excluding hydrogens is 406 g/mol. The fourth-order valence-corrected chi connectivity index (χ4v) is 3.57. The van der Waals surface area contributed by atoms with Crippen LogP contribution in [0.1, 0.15) is 11.3 Å². The van der Waals surface area contributed by atoms with Crippen molar-refractivity contribution in [1.29, 1.82) is 0 Å². The van der Waals surface area contributed by atoms with Gasteiger partial charge in [-0.3, -0.25) is 4.90 Å². The molecule has 1 aromatic heterocycles. The van der Waals surface area contributed by atoms with Gasteiger partial charge in [0.25, 0.3) is 0 Å². The topological polar surface area (TPSA) is 69.0 Å². The molecule has 0 bridgehead atoms. The number of benzene rings is 3. The zero-order valence-electron chi connectivity index (χ0n) is 17.6. The lowest BCUT2D eigenvalue weighted by Crippen LogP contribution is -2.47. The molecule has 3 aromatic carbocycles. The van der Waals surface area contributed by atoms with Crippen LogP contribution in [0, 0.1) is 0 Å². The van der Waals surface area contributed by atoms with Gasteiger partial charge < -0.3 is 13.9 Å². The molecule has 0 spiro atoms. The first-order valence-corrected chi connectivity index (χ1v) is 10.3. The predicted octanol–water partition coefficient (Wildman–Crippen LogP) is 5.36. The third kappa shape index (κ3) is 4.81. The number of methoxy groups -OCH3 is 1. The van der Waals surface area contributed by atoms with E-state index in [1.54, 1.807) is 24.3 Å². The van der Waals surface area contributed by atoms with Crippen molar-refractivity contribution in [3.05, 3.63) is 102 Å². The fraction of sp³-hybridized carbons (Fsp3) is 0.154. The molecule has 0 saturated carbocycles. The fourth-order valence-electron chi connectivity index (χ4n) is 3.57. The second-order valence-corrected chi connectivity index (χ2v) is 7.24. The number of hydrogen-bond acceptors (Lipinski definition) is 5. The Labute approximate surface area is 186 Å². The van der Waals surface area contributed by atoms with Gasteiger partial charge in [0.15, 0.2) is 6.61 Å². The van der Waals surface area contributed by atoms with Crippen LogP contribution in [0.5, 0.6) is 0 Å². The molecule has 0 aliphatic heterocycles. The van der Waals surface area contributed by atoms with Gasteiger partial charge in [-0.05, 0) is 29.8 Å². The number of hydrogen-bond donors (Lipinski definition) is 0. The van der Waals surface area contributed by atoms with E-state index >= 15 is 0 Å². The van der Waals surface area contributed by atoms with Crippen molar-refractivity contribution in [1.82, 2.24) is 0 Å². The van der Waals surface area contributed by atoms with Gasteiger partial charge in [0.05, 0.1) is 7.11 Å². The van der Waals surface area contributed by atoms with E-state index < -0.39 is 18.1 Å². The van der Waals surface area contributed by atoms with E-state index in [0.717, 1.165) is 16.5 Å². The summed E-state index contributed by atoms with van der Waals surface area (Å²) in [5, 5.41) is 0.926. The molecule has 0 aliphatic rings. The molecule has 1 heterocycles.